The highest BCUT2D eigenvalue weighted by molar-refractivity contribution is 7.18. The summed E-state index contributed by atoms with van der Waals surface area (Å²) in [5.74, 6) is 0.292. The minimum Gasteiger partial charge on any atom is -0.444 e. The molecule has 2 amide bonds. The Balaban J connectivity index is 1.74. The molecule has 2 aromatic heterocycles. The highest BCUT2D eigenvalue weighted by Crippen LogP contribution is 2.27. The topological polar surface area (TPSA) is 118 Å². The molecule has 2 heterocycles. The van der Waals surface area contributed by atoms with Crippen LogP contribution in [0.5, 0.6) is 0 Å². The standard InChI is InChI=1S/C22H26N6O3S/c1-22(2,3)31-21(30)25-16(12-14-8-6-5-7-9-14)18(29)26-20-28-27-19(32-20)15-10-11-24-17(13-15)23-4/h5-11,13,16H,12H2,1-4H3,(H,23,24)(H,25,30)(H,26,28,29). The fourth-order valence-electron chi connectivity index (χ4n) is 2.79. The number of rotatable bonds is 7. The number of carbonyl (C=O) groups is 2. The number of hydrogen-bond acceptors (Lipinski definition) is 8. The van der Waals surface area contributed by atoms with Crippen molar-refractivity contribution in [3.63, 3.8) is 0 Å². The van der Waals surface area contributed by atoms with Gasteiger partial charge in [0.1, 0.15) is 22.5 Å². The Morgan fingerprint density at radius 1 is 1.12 bits per heavy atom. The second kappa shape index (κ2) is 10.2. The number of nitrogens with one attached hydrogen (secondary N) is 3. The van der Waals surface area contributed by atoms with Gasteiger partial charge in [0, 0.05) is 25.2 Å². The molecule has 3 N–H and O–H groups in total. The molecule has 0 spiro atoms. The number of alkyl carbamates (subject to hydrolysis) is 1. The van der Waals surface area contributed by atoms with Crippen molar-refractivity contribution < 1.29 is 14.3 Å². The first-order valence-electron chi connectivity index (χ1n) is 10.1. The average Bonchev–Trinajstić information content (AvgIpc) is 3.21. The number of ether oxygens (including phenoxy) is 1. The molecule has 0 saturated carbocycles. The van der Waals surface area contributed by atoms with Gasteiger partial charge in [-0.3, -0.25) is 10.1 Å². The van der Waals surface area contributed by atoms with Crippen molar-refractivity contribution in [3.05, 3.63) is 54.2 Å². The van der Waals surface area contributed by atoms with Gasteiger partial charge in [-0.15, -0.1) is 10.2 Å². The van der Waals surface area contributed by atoms with E-state index in [1.807, 2.05) is 42.5 Å². The van der Waals surface area contributed by atoms with Crippen LogP contribution in [0.25, 0.3) is 10.6 Å². The van der Waals surface area contributed by atoms with E-state index in [9.17, 15) is 9.59 Å². The molecule has 3 rings (SSSR count). The van der Waals surface area contributed by atoms with E-state index in [4.69, 9.17) is 4.74 Å². The SMILES string of the molecule is CNc1cc(-c2nnc(NC(=O)C(Cc3ccccc3)NC(=O)OC(C)(C)C)s2)ccn1. The minimum absolute atomic E-state index is 0.299. The van der Waals surface area contributed by atoms with Crippen LogP contribution in [-0.2, 0) is 16.0 Å². The molecule has 1 atom stereocenters. The molecule has 0 aliphatic heterocycles. The zero-order chi connectivity index (χ0) is 23.1. The molecule has 0 aliphatic carbocycles. The lowest BCUT2D eigenvalue weighted by Gasteiger charge is -2.23. The van der Waals surface area contributed by atoms with Gasteiger partial charge in [-0.25, -0.2) is 9.78 Å². The maximum absolute atomic E-state index is 13.0. The van der Waals surface area contributed by atoms with Crippen LogP contribution in [0.3, 0.4) is 0 Å². The number of amides is 2. The quantitative estimate of drug-likeness (QED) is 0.498. The van der Waals surface area contributed by atoms with E-state index in [1.165, 1.54) is 11.3 Å². The zero-order valence-electron chi connectivity index (χ0n) is 18.4. The summed E-state index contributed by atoms with van der Waals surface area (Å²) in [6.07, 6.45) is 1.30. The number of nitrogens with zero attached hydrogens (tertiary/aromatic N) is 3. The van der Waals surface area contributed by atoms with Gasteiger partial charge in [-0.2, -0.15) is 0 Å². The number of benzene rings is 1. The molecule has 1 unspecified atom stereocenters. The fraction of sp³-hybridized carbons (Fsp3) is 0.318. The molecule has 9 nitrogen and oxygen atoms in total. The van der Waals surface area contributed by atoms with Crippen LogP contribution in [0.1, 0.15) is 26.3 Å². The first-order chi connectivity index (χ1) is 15.2. The summed E-state index contributed by atoms with van der Waals surface area (Å²) >= 11 is 1.23. The molecule has 10 heteroatoms. The molecular weight excluding hydrogens is 428 g/mol. The number of anilines is 2. The predicted molar refractivity (Wildman–Crippen MR) is 125 cm³/mol. The predicted octanol–water partition coefficient (Wildman–Crippen LogP) is 3.72. The van der Waals surface area contributed by atoms with Crippen molar-refractivity contribution in [2.45, 2.75) is 38.8 Å². The van der Waals surface area contributed by atoms with Crippen molar-refractivity contribution >= 4 is 34.3 Å². The van der Waals surface area contributed by atoms with Crippen molar-refractivity contribution in [2.75, 3.05) is 17.7 Å². The van der Waals surface area contributed by atoms with Gasteiger partial charge in [0.15, 0.2) is 0 Å². The molecule has 0 bridgehead atoms. The second-order valence-electron chi connectivity index (χ2n) is 7.97. The Kier molecular flexibility index (Phi) is 7.37. The van der Waals surface area contributed by atoms with Gasteiger partial charge in [-0.05, 0) is 38.5 Å². The van der Waals surface area contributed by atoms with Crippen LogP contribution in [0.2, 0.25) is 0 Å². The molecule has 168 valence electrons. The Hall–Kier alpha value is -3.53. The third-order valence-corrected chi connectivity index (χ3v) is 5.10. The monoisotopic (exact) mass is 454 g/mol. The number of pyridine rings is 1. The molecule has 3 aromatic rings. The van der Waals surface area contributed by atoms with Crippen LogP contribution in [-0.4, -0.2) is 45.9 Å². The highest BCUT2D eigenvalue weighted by atomic mass is 32.1. The van der Waals surface area contributed by atoms with E-state index in [2.05, 4.69) is 31.1 Å². The van der Waals surface area contributed by atoms with E-state index < -0.39 is 23.6 Å². The smallest absolute Gasteiger partial charge is 0.408 e. The minimum atomic E-state index is -0.851. The lowest BCUT2D eigenvalue weighted by molar-refractivity contribution is -0.118. The van der Waals surface area contributed by atoms with Crippen LogP contribution in [0.4, 0.5) is 15.7 Å². The Bertz CT molecular complexity index is 1060. The largest absolute Gasteiger partial charge is 0.444 e. The van der Waals surface area contributed by atoms with Gasteiger partial charge < -0.3 is 15.4 Å². The summed E-state index contributed by atoms with van der Waals surface area (Å²) in [5.41, 5.74) is 1.05. The maximum atomic E-state index is 13.0. The van der Waals surface area contributed by atoms with Gasteiger partial charge in [0.05, 0.1) is 0 Å². The second-order valence-corrected chi connectivity index (χ2v) is 8.95. The summed E-state index contributed by atoms with van der Waals surface area (Å²) in [4.78, 5) is 29.5. The van der Waals surface area contributed by atoms with Crippen molar-refractivity contribution in [1.82, 2.24) is 20.5 Å². The fourth-order valence-corrected chi connectivity index (χ4v) is 3.53. The van der Waals surface area contributed by atoms with Crippen molar-refractivity contribution in [1.29, 1.82) is 0 Å². The third-order valence-electron chi connectivity index (χ3n) is 4.21. The molecule has 0 aliphatic rings. The van der Waals surface area contributed by atoms with Crippen LogP contribution in [0, 0.1) is 0 Å². The number of aromatic nitrogens is 3. The Labute approximate surface area is 190 Å². The Morgan fingerprint density at radius 3 is 2.56 bits per heavy atom. The van der Waals surface area contributed by atoms with Gasteiger partial charge in [0.2, 0.25) is 11.0 Å². The summed E-state index contributed by atoms with van der Waals surface area (Å²) in [6, 6.07) is 12.2. The van der Waals surface area contributed by atoms with E-state index >= 15 is 0 Å². The van der Waals surface area contributed by atoms with E-state index in [0.717, 1.165) is 11.1 Å². The van der Waals surface area contributed by atoms with Crippen molar-refractivity contribution in [3.8, 4) is 10.6 Å². The summed E-state index contributed by atoms with van der Waals surface area (Å²) in [6.45, 7) is 5.29. The molecule has 0 saturated heterocycles. The molecule has 1 aromatic carbocycles. The van der Waals surface area contributed by atoms with Crippen LogP contribution in [0.15, 0.2) is 48.7 Å². The summed E-state index contributed by atoms with van der Waals surface area (Å²) in [5, 5.41) is 17.6. The van der Waals surface area contributed by atoms with Gasteiger partial charge >= 0.3 is 6.09 Å². The molecule has 0 fully saturated rings. The number of hydrogen-bond donors (Lipinski definition) is 3. The van der Waals surface area contributed by atoms with Crippen LogP contribution < -0.4 is 16.0 Å². The van der Waals surface area contributed by atoms with E-state index in [0.29, 0.717) is 22.4 Å². The first-order valence-corrected chi connectivity index (χ1v) is 10.9. The third kappa shape index (κ3) is 6.74. The molecule has 32 heavy (non-hydrogen) atoms. The highest BCUT2D eigenvalue weighted by Gasteiger charge is 2.25. The normalized spacial score (nSPS) is 12.0. The number of carbonyl (C=O) groups excluding carboxylic acids is 2. The lowest BCUT2D eigenvalue weighted by atomic mass is 10.1. The average molecular weight is 455 g/mol. The van der Waals surface area contributed by atoms with Gasteiger partial charge in [-0.1, -0.05) is 41.7 Å². The zero-order valence-corrected chi connectivity index (χ0v) is 19.2. The van der Waals surface area contributed by atoms with Crippen molar-refractivity contribution in [2.24, 2.45) is 0 Å². The lowest BCUT2D eigenvalue weighted by Crippen LogP contribution is -2.47. The summed E-state index contributed by atoms with van der Waals surface area (Å²) in [7, 11) is 1.78. The van der Waals surface area contributed by atoms with Gasteiger partial charge in [0.25, 0.3) is 0 Å². The first kappa shape index (κ1) is 23.1. The maximum Gasteiger partial charge on any atom is 0.408 e. The molecular formula is C22H26N6O3S. The Morgan fingerprint density at radius 2 is 1.88 bits per heavy atom. The molecule has 0 radical (unpaired) electrons. The summed E-state index contributed by atoms with van der Waals surface area (Å²) < 4.78 is 5.32. The van der Waals surface area contributed by atoms with E-state index in [1.54, 1.807) is 34.0 Å². The van der Waals surface area contributed by atoms with E-state index in [-0.39, 0.29) is 0 Å². The van der Waals surface area contributed by atoms with Crippen LogP contribution >= 0.6 is 11.3 Å².